The maximum absolute atomic E-state index is 13.9. The van der Waals surface area contributed by atoms with Gasteiger partial charge in [0.05, 0.1) is 12.6 Å². The van der Waals surface area contributed by atoms with Gasteiger partial charge >= 0.3 is 0 Å². The number of carbonyl (C=O) groups is 3. The summed E-state index contributed by atoms with van der Waals surface area (Å²) in [6.07, 6.45) is 12.1. The lowest BCUT2D eigenvalue weighted by molar-refractivity contribution is -0.143. The number of rotatable bonds is 22. The van der Waals surface area contributed by atoms with Gasteiger partial charge < -0.3 is 9.80 Å². The fourth-order valence-electron chi connectivity index (χ4n) is 7.15. The van der Waals surface area contributed by atoms with E-state index in [0.29, 0.717) is 38.8 Å². The number of hydrogen-bond donors (Lipinski definition) is 1. The highest BCUT2D eigenvalue weighted by atomic mass is 32.2. The summed E-state index contributed by atoms with van der Waals surface area (Å²) in [5, 5.41) is 1.19. The highest BCUT2D eigenvalue weighted by Gasteiger charge is 2.41. The lowest BCUT2D eigenvalue weighted by Gasteiger charge is -2.40. The van der Waals surface area contributed by atoms with Crippen LogP contribution in [0.1, 0.15) is 135 Å². The van der Waals surface area contributed by atoms with Crippen LogP contribution in [0.3, 0.4) is 0 Å². The van der Waals surface area contributed by atoms with Gasteiger partial charge in [-0.1, -0.05) is 67.7 Å². The number of unbranched alkanes of at least 4 members (excludes halogenated alkanes) is 1. The van der Waals surface area contributed by atoms with E-state index in [2.05, 4.69) is 46.3 Å². The summed E-state index contributed by atoms with van der Waals surface area (Å²) in [5.74, 6) is -0.132. The summed E-state index contributed by atoms with van der Waals surface area (Å²) in [7, 11) is -3.57. The van der Waals surface area contributed by atoms with Crippen molar-refractivity contribution < 1.29 is 22.8 Å². The first-order valence-electron chi connectivity index (χ1n) is 17.6. The first-order valence-corrected chi connectivity index (χ1v) is 20.0. The normalized spacial score (nSPS) is 17.0. The molecule has 2 rings (SSSR count). The minimum absolute atomic E-state index is 0.0527. The minimum Gasteiger partial charge on any atom is -0.333 e. The molecule has 1 saturated heterocycles. The molecule has 2 amide bonds. The van der Waals surface area contributed by atoms with E-state index in [1.807, 2.05) is 12.1 Å². The molecule has 1 aromatic rings. The maximum atomic E-state index is 13.9. The molecular weight excluding hydrogens is 619 g/mol. The molecule has 0 bridgehead atoms. The first-order chi connectivity index (χ1) is 21.7. The number of hydrogen-bond acceptors (Lipinski definition) is 6. The second-order valence-electron chi connectivity index (χ2n) is 13.9. The zero-order valence-corrected chi connectivity index (χ0v) is 31.3. The van der Waals surface area contributed by atoms with Gasteiger partial charge in [-0.3, -0.25) is 14.4 Å². The molecule has 8 nitrogen and oxygen atoms in total. The van der Waals surface area contributed by atoms with Crippen LogP contribution < -0.4 is 4.72 Å². The van der Waals surface area contributed by atoms with Crippen molar-refractivity contribution in [2.75, 3.05) is 26.2 Å². The van der Waals surface area contributed by atoms with Crippen LogP contribution in [0, 0.1) is 10.8 Å². The molecule has 2 atom stereocenters. The van der Waals surface area contributed by atoms with Gasteiger partial charge in [0.15, 0.2) is 5.78 Å². The Morgan fingerprint density at radius 1 is 1.07 bits per heavy atom. The van der Waals surface area contributed by atoms with Crippen molar-refractivity contribution in [3.63, 3.8) is 0 Å². The van der Waals surface area contributed by atoms with Crippen LogP contribution in [0.4, 0.5) is 0 Å². The lowest BCUT2D eigenvalue weighted by atomic mass is 9.65. The van der Waals surface area contributed by atoms with Gasteiger partial charge in [0.25, 0.3) is 0 Å². The van der Waals surface area contributed by atoms with Gasteiger partial charge in [-0.25, -0.2) is 13.1 Å². The zero-order chi connectivity index (χ0) is 34.4. The maximum Gasteiger partial charge on any atom is 0.242 e. The molecule has 1 aliphatic heterocycles. The molecule has 0 aliphatic carbocycles. The summed E-state index contributed by atoms with van der Waals surface area (Å²) in [4.78, 5) is 45.6. The van der Waals surface area contributed by atoms with Gasteiger partial charge in [-0.05, 0) is 80.4 Å². The van der Waals surface area contributed by atoms with E-state index in [1.54, 1.807) is 34.1 Å². The van der Waals surface area contributed by atoms with Crippen molar-refractivity contribution in [3.8, 4) is 0 Å². The van der Waals surface area contributed by atoms with Crippen LogP contribution in [-0.4, -0.2) is 68.0 Å². The van der Waals surface area contributed by atoms with Gasteiger partial charge in [0, 0.05) is 47.6 Å². The van der Waals surface area contributed by atoms with Crippen molar-refractivity contribution in [3.05, 3.63) is 27.3 Å². The Morgan fingerprint density at radius 3 is 2.39 bits per heavy atom. The van der Waals surface area contributed by atoms with Crippen LogP contribution in [0.2, 0.25) is 0 Å². The standard InChI is InChI=1S/C36H61N3O5S2/c1-8-20-35(6,7)28-36(12-5,21-9-2)26-32(40)31-16-15-24-39(31)34(42)27-38(33(41)11-4)23-14-13-22-37-46(43,44)25-19-30-18-17-29(10-3)45-30/h17-19,25,31,37H,8-16,20-24,26-28H2,1-7H3/b25-19+/t31-,36-/m0/s1. The number of thiophene rings is 1. The Hall–Kier alpha value is -2.04. The van der Waals surface area contributed by atoms with Crippen molar-refractivity contribution in [2.24, 2.45) is 10.8 Å². The second-order valence-corrected chi connectivity index (χ2v) is 16.7. The van der Waals surface area contributed by atoms with Gasteiger partial charge in [0.1, 0.15) is 0 Å². The molecule has 262 valence electrons. The molecule has 1 aliphatic rings. The summed E-state index contributed by atoms with van der Waals surface area (Å²) >= 11 is 1.57. The van der Waals surface area contributed by atoms with Crippen molar-refractivity contribution in [1.29, 1.82) is 0 Å². The van der Waals surface area contributed by atoms with E-state index in [0.717, 1.165) is 56.2 Å². The summed E-state index contributed by atoms with van der Waals surface area (Å²) in [5.41, 5.74) is 0.0949. The molecular formula is C36H61N3O5S2. The fourth-order valence-corrected chi connectivity index (χ4v) is 8.95. The van der Waals surface area contributed by atoms with Crippen LogP contribution in [0.15, 0.2) is 17.5 Å². The SMILES string of the molecule is CCCC(C)(C)C[C@@](CC)(CCC)CC(=O)[C@@H]1CCCN1C(=O)CN(CCCCNS(=O)(=O)/C=C/c1ccc(CC)s1)C(=O)CC. The van der Waals surface area contributed by atoms with Crippen LogP contribution in [0.25, 0.3) is 6.08 Å². The number of nitrogens with zero attached hydrogens (tertiary/aromatic N) is 2. The quantitative estimate of drug-likeness (QED) is 0.127. The molecule has 0 aromatic carbocycles. The molecule has 0 unspecified atom stereocenters. The molecule has 1 N–H and O–H groups in total. The third-order valence-corrected chi connectivity index (χ3v) is 11.7. The number of ketones is 1. The molecule has 1 fully saturated rings. The van der Waals surface area contributed by atoms with Gasteiger partial charge in [-0.15, -0.1) is 11.3 Å². The summed E-state index contributed by atoms with van der Waals surface area (Å²) in [6.45, 7) is 16.2. The number of sulfonamides is 1. The van der Waals surface area contributed by atoms with Crippen molar-refractivity contribution in [1.82, 2.24) is 14.5 Å². The van der Waals surface area contributed by atoms with Gasteiger partial charge in [0.2, 0.25) is 21.8 Å². The van der Waals surface area contributed by atoms with E-state index < -0.39 is 16.1 Å². The average Bonchev–Trinajstić information content (AvgIpc) is 3.69. The largest absolute Gasteiger partial charge is 0.333 e. The van der Waals surface area contributed by atoms with Crippen LogP contribution in [0.5, 0.6) is 0 Å². The van der Waals surface area contributed by atoms with E-state index in [1.165, 1.54) is 10.3 Å². The minimum atomic E-state index is -3.57. The number of Topliss-reactive ketones (excluding diaryl/α,β-unsaturated/α-hetero) is 1. The Balaban J connectivity index is 1.97. The van der Waals surface area contributed by atoms with E-state index in [4.69, 9.17) is 0 Å². The summed E-state index contributed by atoms with van der Waals surface area (Å²) < 4.78 is 27.4. The average molecular weight is 680 g/mol. The molecule has 1 aromatic heterocycles. The molecule has 0 radical (unpaired) electrons. The monoisotopic (exact) mass is 679 g/mol. The third-order valence-electron chi connectivity index (χ3n) is 9.39. The van der Waals surface area contributed by atoms with E-state index in [-0.39, 0.29) is 47.9 Å². The third kappa shape index (κ3) is 12.9. The Bertz CT molecular complexity index is 1260. The van der Waals surface area contributed by atoms with Crippen LogP contribution >= 0.6 is 11.3 Å². The van der Waals surface area contributed by atoms with Crippen molar-refractivity contribution in [2.45, 2.75) is 138 Å². The predicted octanol–water partition coefficient (Wildman–Crippen LogP) is 7.58. The van der Waals surface area contributed by atoms with Crippen LogP contribution in [-0.2, 0) is 30.8 Å². The fraction of sp³-hybridized carbons (Fsp3) is 0.750. The Labute approximate surface area is 283 Å². The molecule has 2 heterocycles. The number of amides is 2. The number of aryl methyl sites for hydroxylation is 1. The van der Waals surface area contributed by atoms with Gasteiger partial charge in [-0.2, -0.15) is 0 Å². The Morgan fingerprint density at radius 2 is 1.78 bits per heavy atom. The number of likely N-dealkylation sites (tertiary alicyclic amines) is 1. The van der Waals surface area contributed by atoms with E-state index in [9.17, 15) is 22.8 Å². The molecule has 10 heteroatoms. The van der Waals surface area contributed by atoms with E-state index >= 15 is 0 Å². The van der Waals surface area contributed by atoms with Crippen molar-refractivity contribution >= 4 is 45.0 Å². The molecule has 0 saturated carbocycles. The lowest BCUT2D eigenvalue weighted by Crippen LogP contribution is -2.48. The first kappa shape index (κ1) is 40.1. The zero-order valence-electron chi connectivity index (χ0n) is 29.7. The number of carbonyl (C=O) groups excluding carboxylic acids is 3. The smallest absolute Gasteiger partial charge is 0.242 e. The summed E-state index contributed by atoms with van der Waals surface area (Å²) in [6, 6.07) is 3.49. The highest BCUT2D eigenvalue weighted by Crippen LogP contribution is 2.46. The second kappa shape index (κ2) is 19.1. The predicted molar refractivity (Wildman–Crippen MR) is 191 cm³/mol. The topological polar surface area (TPSA) is 104 Å². The number of nitrogens with one attached hydrogen (secondary N) is 1. The highest BCUT2D eigenvalue weighted by molar-refractivity contribution is 7.92. The molecule has 0 spiro atoms. The molecule has 46 heavy (non-hydrogen) atoms. The Kier molecular flexibility index (Phi) is 16.6.